The van der Waals surface area contributed by atoms with Gasteiger partial charge < -0.3 is 21.1 Å². The lowest BCUT2D eigenvalue weighted by molar-refractivity contribution is 0.100. The van der Waals surface area contributed by atoms with Crippen LogP contribution in [0.1, 0.15) is 10.4 Å². The highest BCUT2D eigenvalue weighted by molar-refractivity contribution is 6.08. The maximum absolute atomic E-state index is 11.8. The topological polar surface area (TPSA) is 117 Å². The number of hydrogen-bond acceptors (Lipinski definition) is 5. The van der Waals surface area contributed by atoms with Crippen LogP contribution >= 0.6 is 0 Å². The average Bonchev–Trinajstić information content (AvgIpc) is 3.06. The van der Waals surface area contributed by atoms with Gasteiger partial charge in [0.1, 0.15) is 5.75 Å². The summed E-state index contributed by atoms with van der Waals surface area (Å²) in [5, 5.41) is 21.7. The van der Waals surface area contributed by atoms with E-state index >= 15 is 0 Å². The average molecular weight is 345 g/mol. The van der Waals surface area contributed by atoms with E-state index in [2.05, 4.69) is 20.5 Å². The van der Waals surface area contributed by atoms with Crippen molar-refractivity contribution in [3.8, 4) is 16.9 Å². The summed E-state index contributed by atoms with van der Waals surface area (Å²) in [6.07, 6.45) is 3.39. The molecule has 7 heteroatoms. The van der Waals surface area contributed by atoms with Crippen molar-refractivity contribution in [1.29, 1.82) is 0 Å². The van der Waals surface area contributed by atoms with Crippen molar-refractivity contribution in [2.75, 3.05) is 5.32 Å². The molecule has 4 rings (SSSR count). The Labute approximate surface area is 148 Å². The molecule has 2 heterocycles. The van der Waals surface area contributed by atoms with Gasteiger partial charge in [0.05, 0.1) is 17.3 Å². The highest BCUT2D eigenvalue weighted by Gasteiger charge is 2.16. The number of carbonyl (C=O) groups is 1. The molecule has 0 fully saturated rings. The zero-order valence-corrected chi connectivity index (χ0v) is 13.6. The zero-order chi connectivity index (χ0) is 18.1. The number of hydrogen-bond donors (Lipinski definition) is 4. The summed E-state index contributed by atoms with van der Waals surface area (Å²) in [6.45, 7) is 0. The fraction of sp³-hybridized carbons (Fsp3) is 0. The molecule has 26 heavy (non-hydrogen) atoms. The van der Waals surface area contributed by atoms with Crippen LogP contribution in [-0.4, -0.2) is 26.2 Å². The minimum Gasteiger partial charge on any atom is -0.508 e. The minimum atomic E-state index is -0.505. The second-order valence-electron chi connectivity index (χ2n) is 5.77. The Balaban J connectivity index is 1.88. The number of carbonyl (C=O) groups excluding carboxylic acids is 1. The van der Waals surface area contributed by atoms with Gasteiger partial charge in [0, 0.05) is 23.0 Å². The second kappa shape index (κ2) is 6.21. The minimum absolute atomic E-state index is 0.191. The number of anilines is 2. The zero-order valence-electron chi connectivity index (χ0n) is 13.6. The normalized spacial score (nSPS) is 10.8. The van der Waals surface area contributed by atoms with E-state index < -0.39 is 5.91 Å². The lowest BCUT2D eigenvalue weighted by Gasteiger charge is -2.10. The molecule has 2 aromatic carbocycles. The van der Waals surface area contributed by atoms with Crippen LogP contribution in [-0.2, 0) is 0 Å². The number of aromatic hydroxyl groups is 1. The van der Waals surface area contributed by atoms with Gasteiger partial charge in [-0.15, -0.1) is 5.10 Å². The molecule has 1 amide bonds. The van der Waals surface area contributed by atoms with Gasteiger partial charge in [0.25, 0.3) is 0 Å². The summed E-state index contributed by atoms with van der Waals surface area (Å²) in [7, 11) is 0. The van der Waals surface area contributed by atoms with Crippen molar-refractivity contribution in [3.63, 3.8) is 0 Å². The Kier molecular flexibility index (Phi) is 3.74. The second-order valence-corrected chi connectivity index (χ2v) is 5.77. The summed E-state index contributed by atoms with van der Waals surface area (Å²) in [5.74, 6) is -0.314. The highest BCUT2D eigenvalue weighted by atomic mass is 16.3. The first-order valence-corrected chi connectivity index (χ1v) is 7.91. The van der Waals surface area contributed by atoms with Crippen LogP contribution in [0.4, 0.5) is 11.4 Å². The molecule has 128 valence electrons. The summed E-state index contributed by atoms with van der Waals surface area (Å²) < 4.78 is 0. The first kappa shape index (κ1) is 15.6. The molecule has 5 N–H and O–H groups in total. The van der Waals surface area contributed by atoms with Crippen LogP contribution < -0.4 is 11.1 Å². The smallest absolute Gasteiger partial charge is 0.249 e. The fourth-order valence-electron chi connectivity index (χ4n) is 2.91. The van der Waals surface area contributed by atoms with Crippen molar-refractivity contribution < 1.29 is 9.90 Å². The maximum Gasteiger partial charge on any atom is 0.249 e. The van der Waals surface area contributed by atoms with Gasteiger partial charge in [-0.1, -0.05) is 18.2 Å². The predicted molar refractivity (Wildman–Crippen MR) is 99.2 cm³/mol. The van der Waals surface area contributed by atoms with E-state index in [0.29, 0.717) is 16.8 Å². The number of aromatic nitrogens is 3. The molecule has 0 saturated heterocycles. The van der Waals surface area contributed by atoms with Crippen LogP contribution in [0, 0.1) is 0 Å². The van der Waals surface area contributed by atoms with Gasteiger partial charge in [-0.2, -0.15) is 5.10 Å². The number of nitrogens with one attached hydrogen (secondary N) is 2. The standard InChI is InChI=1S/C19H15N5O2/c20-18(26)14-4-2-1-3-13(14)15-9-22-24-19-17(15)16(10-21-19)23-11-5-7-12(25)8-6-11/h1-10,23,25H,(H2,20,26)(H,21,24). The Morgan fingerprint density at radius 2 is 1.85 bits per heavy atom. The molecule has 0 saturated carbocycles. The Morgan fingerprint density at radius 3 is 2.62 bits per heavy atom. The molecule has 0 aliphatic carbocycles. The van der Waals surface area contributed by atoms with Crippen LogP contribution in [0.5, 0.6) is 5.75 Å². The third kappa shape index (κ3) is 2.71. The molecule has 0 spiro atoms. The van der Waals surface area contributed by atoms with E-state index in [-0.39, 0.29) is 5.75 Å². The number of amides is 1. The molecule has 0 unspecified atom stereocenters. The van der Waals surface area contributed by atoms with Gasteiger partial charge in [0.2, 0.25) is 5.91 Å². The number of nitrogens with zero attached hydrogens (tertiary/aromatic N) is 2. The molecule has 0 atom stereocenters. The van der Waals surface area contributed by atoms with E-state index in [1.54, 1.807) is 48.8 Å². The molecule has 0 radical (unpaired) electrons. The van der Waals surface area contributed by atoms with E-state index in [9.17, 15) is 9.90 Å². The van der Waals surface area contributed by atoms with E-state index in [1.807, 2.05) is 12.1 Å². The molecule has 2 aromatic heterocycles. The molecule has 0 bridgehead atoms. The van der Waals surface area contributed by atoms with Gasteiger partial charge in [-0.05, 0) is 35.9 Å². The van der Waals surface area contributed by atoms with Crippen molar-refractivity contribution in [3.05, 3.63) is 66.5 Å². The number of rotatable bonds is 4. The quantitative estimate of drug-likeness (QED) is 0.424. The number of H-pyrrole nitrogens is 1. The van der Waals surface area contributed by atoms with Crippen LogP contribution in [0.25, 0.3) is 22.2 Å². The number of nitrogens with two attached hydrogens (primary N) is 1. The summed E-state index contributed by atoms with van der Waals surface area (Å²) >= 11 is 0. The lowest BCUT2D eigenvalue weighted by Crippen LogP contribution is -2.12. The summed E-state index contributed by atoms with van der Waals surface area (Å²) in [6, 6.07) is 13.8. The Bertz CT molecular complexity index is 1100. The van der Waals surface area contributed by atoms with Gasteiger partial charge in [-0.3, -0.25) is 4.79 Å². The predicted octanol–water partition coefficient (Wildman–Crippen LogP) is 3.17. The van der Waals surface area contributed by atoms with Gasteiger partial charge in [0.15, 0.2) is 5.65 Å². The summed E-state index contributed by atoms with van der Waals surface area (Å²) in [4.78, 5) is 14.9. The third-order valence-corrected chi connectivity index (χ3v) is 4.10. The Hall–Kier alpha value is -3.87. The summed E-state index contributed by atoms with van der Waals surface area (Å²) in [5.41, 5.74) is 9.53. The van der Waals surface area contributed by atoms with Crippen LogP contribution in [0.2, 0.25) is 0 Å². The SMILES string of the molecule is NC(=O)c1ccccc1-c1cnnc2[nH]cc(Nc3ccc(O)cc3)c12. The van der Waals surface area contributed by atoms with E-state index in [1.165, 1.54) is 0 Å². The number of primary amides is 1. The number of aromatic amines is 1. The molecular formula is C19H15N5O2. The number of phenols is 1. The van der Waals surface area contributed by atoms with Crippen molar-refractivity contribution in [1.82, 2.24) is 15.2 Å². The van der Waals surface area contributed by atoms with Crippen LogP contribution in [0.3, 0.4) is 0 Å². The first-order chi connectivity index (χ1) is 12.6. The maximum atomic E-state index is 11.8. The van der Waals surface area contributed by atoms with Crippen molar-refractivity contribution >= 4 is 28.3 Å². The van der Waals surface area contributed by atoms with Crippen LogP contribution in [0.15, 0.2) is 60.9 Å². The molecule has 0 aliphatic heterocycles. The number of fused-ring (bicyclic) bond motifs is 1. The molecular weight excluding hydrogens is 330 g/mol. The lowest BCUT2D eigenvalue weighted by atomic mass is 9.98. The van der Waals surface area contributed by atoms with Gasteiger partial charge >= 0.3 is 0 Å². The molecule has 7 nitrogen and oxygen atoms in total. The van der Waals surface area contributed by atoms with Crippen molar-refractivity contribution in [2.24, 2.45) is 5.73 Å². The van der Waals surface area contributed by atoms with Gasteiger partial charge in [-0.25, -0.2) is 0 Å². The third-order valence-electron chi connectivity index (χ3n) is 4.10. The largest absolute Gasteiger partial charge is 0.508 e. The molecule has 4 aromatic rings. The number of phenolic OH excluding ortho intramolecular Hbond substituents is 1. The monoisotopic (exact) mass is 345 g/mol. The Morgan fingerprint density at radius 1 is 1.08 bits per heavy atom. The van der Waals surface area contributed by atoms with E-state index in [0.717, 1.165) is 22.3 Å². The first-order valence-electron chi connectivity index (χ1n) is 7.91. The molecule has 0 aliphatic rings. The van der Waals surface area contributed by atoms with E-state index in [4.69, 9.17) is 5.73 Å². The van der Waals surface area contributed by atoms with Crippen molar-refractivity contribution in [2.45, 2.75) is 0 Å². The highest BCUT2D eigenvalue weighted by Crippen LogP contribution is 2.35. The fourth-order valence-corrected chi connectivity index (χ4v) is 2.91. The number of benzene rings is 2.